The van der Waals surface area contributed by atoms with Crippen molar-refractivity contribution < 1.29 is 4.42 Å². The topological polar surface area (TPSA) is 25.2 Å². The largest absolute Gasteiger partial charge is 0.469 e. The van der Waals surface area contributed by atoms with Crippen LogP contribution in [0.1, 0.15) is 45.8 Å². The van der Waals surface area contributed by atoms with Crippen molar-refractivity contribution in [2.24, 2.45) is 17.8 Å². The summed E-state index contributed by atoms with van der Waals surface area (Å²) in [6.45, 7) is 8.01. The smallest absolute Gasteiger partial charge is 0.104 e. The van der Waals surface area contributed by atoms with Gasteiger partial charge in [-0.15, -0.1) is 0 Å². The number of nitrogens with one attached hydrogen (secondary N) is 1. The second-order valence-electron chi connectivity index (χ2n) is 6.02. The van der Waals surface area contributed by atoms with Crippen molar-refractivity contribution in [1.29, 1.82) is 0 Å². The second kappa shape index (κ2) is 6.42. The van der Waals surface area contributed by atoms with Crippen molar-refractivity contribution in [1.82, 2.24) is 5.32 Å². The van der Waals surface area contributed by atoms with Gasteiger partial charge in [-0.1, -0.05) is 20.8 Å². The Bertz CT molecular complexity index is 331. The molecule has 2 rings (SSSR count). The molecule has 3 unspecified atom stereocenters. The van der Waals surface area contributed by atoms with E-state index in [1.165, 1.54) is 19.3 Å². The van der Waals surface area contributed by atoms with Crippen molar-refractivity contribution in [2.75, 3.05) is 6.54 Å². The lowest BCUT2D eigenvalue weighted by Gasteiger charge is -2.38. The van der Waals surface area contributed by atoms with Crippen LogP contribution in [0.2, 0.25) is 0 Å². The van der Waals surface area contributed by atoms with Crippen LogP contribution in [0, 0.1) is 17.8 Å². The fourth-order valence-electron chi connectivity index (χ4n) is 3.35. The van der Waals surface area contributed by atoms with Gasteiger partial charge < -0.3 is 9.73 Å². The van der Waals surface area contributed by atoms with Gasteiger partial charge in [0.15, 0.2) is 0 Å². The van der Waals surface area contributed by atoms with E-state index >= 15 is 0 Å². The van der Waals surface area contributed by atoms with Gasteiger partial charge in [0.05, 0.1) is 6.26 Å². The lowest BCUT2D eigenvalue weighted by Crippen LogP contribution is -2.42. The summed E-state index contributed by atoms with van der Waals surface area (Å²) in [5.41, 5.74) is 0. The van der Waals surface area contributed by atoms with Crippen molar-refractivity contribution in [3.8, 4) is 0 Å². The monoisotopic (exact) mass is 249 g/mol. The van der Waals surface area contributed by atoms with Gasteiger partial charge in [0.2, 0.25) is 0 Å². The maximum atomic E-state index is 5.53. The van der Waals surface area contributed by atoms with Crippen molar-refractivity contribution in [3.05, 3.63) is 24.2 Å². The Labute approximate surface area is 111 Å². The summed E-state index contributed by atoms with van der Waals surface area (Å²) in [5, 5.41) is 3.66. The quantitative estimate of drug-likeness (QED) is 0.857. The number of rotatable bonds is 5. The molecule has 1 aliphatic rings. The molecule has 1 aromatic heterocycles. The first-order chi connectivity index (χ1) is 8.70. The van der Waals surface area contributed by atoms with Crippen molar-refractivity contribution >= 4 is 0 Å². The molecule has 1 aliphatic carbocycles. The van der Waals surface area contributed by atoms with Crippen LogP contribution in [0.15, 0.2) is 22.8 Å². The number of furan rings is 1. The van der Waals surface area contributed by atoms with Crippen molar-refractivity contribution in [3.63, 3.8) is 0 Å². The van der Waals surface area contributed by atoms with Crippen LogP contribution in [0.25, 0.3) is 0 Å². The highest BCUT2D eigenvalue weighted by Crippen LogP contribution is 2.35. The maximum Gasteiger partial charge on any atom is 0.104 e. The zero-order valence-corrected chi connectivity index (χ0v) is 12.0. The molecule has 1 N–H and O–H groups in total. The molecule has 0 bridgehead atoms. The van der Waals surface area contributed by atoms with Gasteiger partial charge in [-0.05, 0) is 55.7 Å². The highest BCUT2D eigenvalue weighted by molar-refractivity contribution is 5.01. The molecule has 102 valence electrons. The van der Waals surface area contributed by atoms with Gasteiger partial charge in [-0.25, -0.2) is 0 Å². The summed E-state index contributed by atoms with van der Waals surface area (Å²) < 4.78 is 5.53. The summed E-state index contributed by atoms with van der Waals surface area (Å²) in [6.07, 6.45) is 6.93. The van der Waals surface area contributed by atoms with Gasteiger partial charge in [-0.3, -0.25) is 0 Å². The summed E-state index contributed by atoms with van der Waals surface area (Å²) in [7, 11) is 0. The van der Waals surface area contributed by atoms with E-state index < -0.39 is 0 Å². The number of hydrogen-bond acceptors (Lipinski definition) is 2. The van der Waals surface area contributed by atoms with Crippen molar-refractivity contribution in [2.45, 2.75) is 52.5 Å². The molecule has 0 aliphatic heterocycles. The van der Waals surface area contributed by atoms with E-state index in [1.54, 1.807) is 6.26 Å². The molecule has 0 amide bonds. The van der Waals surface area contributed by atoms with Gasteiger partial charge in [-0.2, -0.15) is 0 Å². The highest BCUT2D eigenvalue weighted by atomic mass is 16.3. The van der Waals surface area contributed by atoms with E-state index in [-0.39, 0.29) is 0 Å². The second-order valence-corrected chi connectivity index (χ2v) is 6.02. The van der Waals surface area contributed by atoms with E-state index in [9.17, 15) is 0 Å². The Morgan fingerprint density at radius 3 is 2.83 bits per heavy atom. The van der Waals surface area contributed by atoms with E-state index in [0.717, 1.165) is 36.5 Å². The Kier molecular flexibility index (Phi) is 4.87. The molecule has 2 heteroatoms. The fourth-order valence-corrected chi connectivity index (χ4v) is 3.35. The lowest BCUT2D eigenvalue weighted by molar-refractivity contribution is 0.164. The van der Waals surface area contributed by atoms with Crippen LogP contribution >= 0.6 is 0 Å². The number of hydrogen-bond donors (Lipinski definition) is 1. The molecule has 0 aromatic carbocycles. The molecule has 1 fully saturated rings. The Morgan fingerprint density at radius 1 is 1.39 bits per heavy atom. The zero-order chi connectivity index (χ0) is 13.0. The van der Waals surface area contributed by atoms with Gasteiger partial charge in [0.1, 0.15) is 5.76 Å². The summed E-state index contributed by atoms with van der Waals surface area (Å²) in [5.74, 6) is 3.58. The van der Waals surface area contributed by atoms with Gasteiger partial charge in [0, 0.05) is 12.5 Å². The Hall–Kier alpha value is -0.760. The molecule has 3 atom stereocenters. The third kappa shape index (κ3) is 3.38. The predicted octanol–water partition coefficient (Wildman–Crippen LogP) is 3.87. The lowest BCUT2D eigenvalue weighted by atomic mass is 9.72. The van der Waals surface area contributed by atoms with E-state index in [4.69, 9.17) is 4.42 Å². The molecule has 0 saturated heterocycles. The summed E-state index contributed by atoms with van der Waals surface area (Å²) in [6, 6.07) is 4.79. The van der Waals surface area contributed by atoms with Gasteiger partial charge >= 0.3 is 0 Å². The molecular formula is C16H27NO. The Balaban J connectivity index is 2.00. The molecule has 2 nitrogen and oxygen atoms in total. The molecule has 18 heavy (non-hydrogen) atoms. The minimum atomic E-state index is 0.676. The average molecular weight is 249 g/mol. The first-order valence-corrected chi connectivity index (χ1v) is 7.46. The third-order valence-electron chi connectivity index (χ3n) is 4.48. The molecule has 1 aromatic rings. The van der Waals surface area contributed by atoms with E-state index in [2.05, 4.69) is 32.2 Å². The van der Waals surface area contributed by atoms with Crippen LogP contribution in [0.5, 0.6) is 0 Å². The van der Waals surface area contributed by atoms with E-state index in [1.807, 2.05) is 6.07 Å². The van der Waals surface area contributed by atoms with Gasteiger partial charge in [0.25, 0.3) is 0 Å². The summed E-state index contributed by atoms with van der Waals surface area (Å²) >= 11 is 0. The highest BCUT2D eigenvalue weighted by Gasteiger charge is 2.31. The average Bonchev–Trinajstić information content (AvgIpc) is 2.84. The van der Waals surface area contributed by atoms with Crippen LogP contribution in [-0.2, 0) is 6.42 Å². The molecule has 0 spiro atoms. The van der Waals surface area contributed by atoms with Crippen LogP contribution in [0.4, 0.5) is 0 Å². The van der Waals surface area contributed by atoms with Crippen LogP contribution < -0.4 is 5.32 Å². The molecular weight excluding hydrogens is 222 g/mol. The minimum absolute atomic E-state index is 0.676. The Morgan fingerprint density at radius 2 is 2.22 bits per heavy atom. The molecule has 1 heterocycles. The van der Waals surface area contributed by atoms with Crippen LogP contribution in [-0.4, -0.2) is 12.6 Å². The molecule has 0 radical (unpaired) electrons. The SMILES string of the molecule is CCNC1CCC(C(C)C)CC1Cc1ccco1. The van der Waals surface area contributed by atoms with E-state index in [0.29, 0.717) is 6.04 Å². The third-order valence-corrected chi connectivity index (χ3v) is 4.48. The minimum Gasteiger partial charge on any atom is -0.469 e. The fraction of sp³-hybridized carbons (Fsp3) is 0.750. The standard InChI is InChI=1S/C16H27NO/c1-4-17-16-8-7-13(12(2)3)10-14(16)11-15-6-5-9-18-15/h5-6,9,12-14,16-17H,4,7-8,10-11H2,1-3H3. The van der Waals surface area contributed by atoms with Crippen LogP contribution in [0.3, 0.4) is 0 Å². The summed E-state index contributed by atoms with van der Waals surface area (Å²) in [4.78, 5) is 0. The zero-order valence-electron chi connectivity index (χ0n) is 12.0. The first-order valence-electron chi connectivity index (χ1n) is 7.46. The first kappa shape index (κ1) is 13.7. The normalized spacial score (nSPS) is 28.8. The molecule has 1 saturated carbocycles. The maximum absolute atomic E-state index is 5.53. The predicted molar refractivity (Wildman–Crippen MR) is 75.5 cm³/mol.